The molecule has 0 unspecified atom stereocenters. The predicted molar refractivity (Wildman–Crippen MR) is 65.4 cm³/mol. The van der Waals surface area contributed by atoms with Crippen molar-refractivity contribution in [1.29, 1.82) is 0 Å². The highest BCUT2D eigenvalue weighted by molar-refractivity contribution is 5.92. The summed E-state index contributed by atoms with van der Waals surface area (Å²) >= 11 is 0. The Hall–Kier alpha value is -1.42. The third-order valence-corrected chi connectivity index (χ3v) is 2.88. The zero-order valence-electron chi connectivity index (χ0n) is 9.92. The third-order valence-electron chi connectivity index (χ3n) is 2.88. The SMILES string of the molecule is Cc1cccc(NC(=O)CNCC2CC2)c1F. The molecule has 1 aromatic rings. The minimum Gasteiger partial charge on any atom is -0.322 e. The second-order valence-electron chi connectivity index (χ2n) is 4.56. The van der Waals surface area contributed by atoms with E-state index < -0.39 is 0 Å². The number of benzene rings is 1. The van der Waals surface area contributed by atoms with Gasteiger partial charge in [-0.1, -0.05) is 12.1 Å². The van der Waals surface area contributed by atoms with Crippen molar-refractivity contribution in [2.24, 2.45) is 5.92 Å². The number of amides is 1. The van der Waals surface area contributed by atoms with Gasteiger partial charge in [-0.05, 0) is 43.9 Å². The van der Waals surface area contributed by atoms with Crippen LogP contribution in [0.2, 0.25) is 0 Å². The van der Waals surface area contributed by atoms with Crippen molar-refractivity contribution in [2.45, 2.75) is 19.8 Å². The lowest BCUT2D eigenvalue weighted by Crippen LogP contribution is -2.29. The van der Waals surface area contributed by atoms with Gasteiger partial charge in [0.1, 0.15) is 5.82 Å². The van der Waals surface area contributed by atoms with Crippen molar-refractivity contribution < 1.29 is 9.18 Å². The van der Waals surface area contributed by atoms with Crippen molar-refractivity contribution in [3.05, 3.63) is 29.6 Å². The van der Waals surface area contributed by atoms with Crippen molar-refractivity contribution in [1.82, 2.24) is 5.32 Å². The third kappa shape index (κ3) is 3.53. The highest BCUT2D eigenvalue weighted by Crippen LogP contribution is 2.27. The lowest BCUT2D eigenvalue weighted by molar-refractivity contribution is -0.115. The van der Waals surface area contributed by atoms with E-state index in [0.29, 0.717) is 5.56 Å². The number of hydrogen-bond acceptors (Lipinski definition) is 2. The molecule has 2 N–H and O–H groups in total. The Bertz CT molecular complexity index is 416. The second kappa shape index (κ2) is 5.27. The van der Waals surface area contributed by atoms with Crippen LogP contribution in [-0.2, 0) is 4.79 Å². The van der Waals surface area contributed by atoms with E-state index in [2.05, 4.69) is 10.6 Å². The number of carbonyl (C=O) groups is 1. The molecule has 92 valence electrons. The van der Waals surface area contributed by atoms with Crippen molar-refractivity contribution in [3.63, 3.8) is 0 Å². The summed E-state index contributed by atoms with van der Waals surface area (Å²) in [6, 6.07) is 4.98. The van der Waals surface area contributed by atoms with Crippen LogP contribution in [0.3, 0.4) is 0 Å². The van der Waals surface area contributed by atoms with E-state index in [9.17, 15) is 9.18 Å². The molecule has 0 radical (unpaired) electrons. The molecule has 1 fully saturated rings. The van der Waals surface area contributed by atoms with E-state index in [1.807, 2.05) is 0 Å². The van der Waals surface area contributed by atoms with E-state index in [1.54, 1.807) is 25.1 Å². The molecule has 2 rings (SSSR count). The predicted octanol–water partition coefficient (Wildman–Crippen LogP) is 2.07. The highest BCUT2D eigenvalue weighted by Gasteiger charge is 2.20. The Kier molecular flexibility index (Phi) is 3.74. The Morgan fingerprint density at radius 1 is 1.47 bits per heavy atom. The molecule has 1 amide bonds. The maximum absolute atomic E-state index is 13.6. The average Bonchev–Trinajstić information content (AvgIpc) is 3.09. The van der Waals surface area contributed by atoms with Gasteiger partial charge < -0.3 is 10.6 Å². The molecule has 0 atom stereocenters. The number of aryl methyl sites for hydroxylation is 1. The van der Waals surface area contributed by atoms with Gasteiger partial charge in [0.05, 0.1) is 12.2 Å². The van der Waals surface area contributed by atoms with E-state index in [4.69, 9.17) is 0 Å². The van der Waals surface area contributed by atoms with E-state index >= 15 is 0 Å². The maximum Gasteiger partial charge on any atom is 0.238 e. The van der Waals surface area contributed by atoms with Gasteiger partial charge in [0.25, 0.3) is 0 Å². The van der Waals surface area contributed by atoms with E-state index in [1.165, 1.54) is 12.8 Å². The number of nitrogens with one attached hydrogen (secondary N) is 2. The summed E-state index contributed by atoms with van der Waals surface area (Å²) in [5.74, 6) is 0.177. The van der Waals surface area contributed by atoms with Gasteiger partial charge >= 0.3 is 0 Å². The molecular weight excluding hydrogens is 219 g/mol. The molecule has 1 aromatic carbocycles. The van der Waals surface area contributed by atoms with Crippen molar-refractivity contribution in [2.75, 3.05) is 18.4 Å². The molecule has 17 heavy (non-hydrogen) atoms. The van der Waals surface area contributed by atoms with Gasteiger partial charge in [-0.15, -0.1) is 0 Å². The molecule has 1 saturated carbocycles. The topological polar surface area (TPSA) is 41.1 Å². The van der Waals surface area contributed by atoms with Crippen LogP contribution in [0, 0.1) is 18.7 Å². The number of anilines is 1. The minimum atomic E-state index is -0.358. The smallest absolute Gasteiger partial charge is 0.238 e. The average molecular weight is 236 g/mol. The van der Waals surface area contributed by atoms with Crippen molar-refractivity contribution >= 4 is 11.6 Å². The summed E-state index contributed by atoms with van der Waals surface area (Å²) < 4.78 is 13.6. The summed E-state index contributed by atoms with van der Waals surface area (Å²) in [6.45, 7) is 2.80. The van der Waals surface area contributed by atoms with Crippen LogP contribution in [0.5, 0.6) is 0 Å². The molecule has 0 bridgehead atoms. The molecule has 0 aliphatic heterocycles. The monoisotopic (exact) mass is 236 g/mol. The zero-order valence-corrected chi connectivity index (χ0v) is 9.92. The largest absolute Gasteiger partial charge is 0.322 e. The van der Waals surface area contributed by atoms with Crippen LogP contribution >= 0.6 is 0 Å². The molecule has 4 heteroatoms. The molecule has 0 aromatic heterocycles. The van der Waals surface area contributed by atoms with Gasteiger partial charge in [0.15, 0.2) is 0 Å². The minimum absolute atomic E-state index is 0.199. The second-order valence-corrected chi connectivity index (χ2v) is 4.56. The normalized spacial score (nSPS) is 14.7. The molecule has 3 nitrogen and oxygen atoms in total. The van der Waals surface area contributed by atoms with Gasteiger partial charge in [0.2, 0.25) is 5.91 Å². The van der Waals surface area contributed by atoms with Crippen LogP contribution in [0.1, 0.15) is 18.4 Å². The fraction of sp³-hybridized carbons (Fsp3) is 0.462. The molecule has 0 saturated heterocycles. The quantitative estimate of drug-likeness (QED) is 0.821. The van der Waals surface area contributed by atoms with Crippen LogP contribution in [0.15, 0.2) is 18.2 Å². The molecule has 0 spiro atoms. The summed E-state index contributed by atoms with van der Waals surface area (Å²) in [4.78, 5) is 11.5. The first-order chi connectivity index (χ1) is 8.16. The summed E-state index contributed by atoms with van der Waals surface area (Å²) in [5, 5.41) is 5.64. The summed E-state index contributed by atoms with van der Waals surface area (Å²) in [7, 11) is 0. The van der Waals surface area contributed by atoms with Crippen molar-refractivity contribution in [3.8, 4) is 0 Å². The first-order valence-corrected chi connectivity index (χ1v) is 5.92. The number of halogens is 1. The van der Waals surface area contributed by atoms with Gasteiger partial charge in [-0.3, -0.25) is 4.79 Å². The van der Waals surface area contributed by atoms with Gasteiger partial charge in [0, 0.05) is 0 Å². The maximum atomic E-state index is 13.6. The number of rotatable bonds is 5. The first kappa shape index (κ1) is 12.0. The number of carbonyl (C=O) groups excluding carboxylic acids is 1. The highest BCUT2D eigenvalue weighted by atomic mass is 19.1. The Morgan fingerprint density at radius 2 is 2.24 bits per heavy atom. The lowest BCUT2D eigenvalue weighted by Gasteiger charge is -2.08. The molecule has 1 aliphatic carbocycles. The Balaban J connectivity index is 1.82. The molecule has 0 heterocycles. The zero-order chi connectivity index (χ0) is 12.3. The Labute approximate surface area is 100 Å². The Morgan fingerprint density at radius 3 is 2.94 bits per heavy atom. The molecular formula is C13H17FN2O. The summed E-state index contributed by atoms with van der Waals surface area (Å²) in [5.41, 5.74) is 0.789. The fourth-order valence-corrected chi connectivity index (χ4v) is 1.65. The molecule has 1 aliphatic rings. The summed E-state index contributed by atoms with van der Waals surface area (Å²) in [6.07, 6.45) is 2.50. The van der Waals surface area contributed by atoms with Gasteiger partial charge in [-0.2, -0.15) is 0 Å². The van der Waals surface area contributed by atoms with Crippen LogP contribution in [0.4, 0.5) is 10.1 Å². The van der Waals surface area contributed by atoms with E-state index in [0.717, 1.165) is 12.5 Å². The first-order valence-electron chi connectivity index (χ1n) is 5.92. The van der Waals surface area contributed by atoms with Crippen LogP contribution in [0.25, 0.3) is 0 Å². The standard InChI is InChI=1S/C13H17FN2O/c1-9-3-2-4-11(13(9)14)16-12(17)8-15-7-10-5-6-10/h2-4,10,15H,5-8H2,1H3,(H,16,17). The van der Waals surface area contributed by atoms with E-state index in [-0.39, 0.29) is 24.0 Å². The fourth-order valence-electron chi connectivity index (χ4n) is 1.65. The number of hydrogen-bond donors (Lipinski definition) is 2. The van der Waals surface area contributed by atoms with Crippen LogP contribution in [-0.4, -0.2) is 19.0 Å². The van der Waals surface area contributed by atoms with Gasteiger partial charge in [-0.25, -0.2) is 4.39 Å². The van der Waals surface area contributed by atoms with Crippen LogP contribution < -0.4 is 10.6 Å². The lowest BCUT2D eigenvalue weighted by atomic mass is 10.2.